The third-order valence-electron chi connectivity index (χ3n) is 6.40. The number of Topliss-reactive ketones (excluding diaryl/α,β-unsaturated/α-hetero) is 1. The summed E-state index contributed by atoms with van der Waals surface area (Å²) in [6.07, 6.45) is 4.56. The Kier molecular flexibility index (Phi) is 8.90. The summed E-state index contributed by atoms with van der Waals surface area (Å²) >= 11 is 0. The molecule has 7 nitrogen and oxygen atoms in total. The molecule has 190 valence electrons. The van der Waals surface area contributed by atoms with Gasteiger partial charge in [0, 0.05) is 19.2 Å². The Balaban J connectivity index is 1.45. The zero-order valence-corrected chi connectivity index (χ0v) is 21.4. The number of nitrogens with zero attached hydrogens (tertiary/aromatic N) is 4. The molecule has 0 atom stereocenters. The molecule has 1 fully saturated rings. The minimum absolute atomic E-state index is 0.0475. The van der Waals surface area contributed by atoms with E-state index in [2.05, 4.69) is 70.3 Å². The Labute approximate surface area is 214 Å². The highest BCUT2D eigenvalue weighted by atomic mass is 16.5. The summed E-state index contributed by atoms with van der Waals surface area (Å²) in [5.74, 6) is 0.955. The molecule has 7 heteroatoms. The average Bonchev–Trinajstić information content (AvgIpc) is 3.37. The van der Waals surface area contributed by atoms with E-state index in [-0.39, 0.29) is 18.3 Å². The maximum atomic E-state index is 12.0. The summed E-state index contributed by atoms with van der Waals surface area (Å²) in [6.45, 7) is 8.41. The Morgan fingerprint density at radius 2 is 1.64 bits per heavy atom. The van der Waals surface area contributed by atoms with Crippen LogP contribution in [-0.4, -0.2) is 46.9 Å². The van der Waals surface area contributed by atoms with Crippen LogP contribution in [0.3, 0.4) is 0 Å². The highest BCUT2D eigenvalue weighted by molar-refractivity contribution is 5.80. The molecule has 0 unspecified atom stereocenters. The van der Waals surface area contributed by atoms with Gasteiger partial charge in [-0.25, -0.2) is 0 Å². The second-order valence-corrected chi connectivity index (χ2v) is 9.57. The molecule has 0 radical (unpaired) electrons. The predicted octanol–water partition coefficient (Wildman–Crippen LogP) is 5.10. The molecule has 0 spiro atoms. The van der Waals surface area contributed by atoms with E-state index >= 15 is 0 Å². The van der Waals surface area contributed by atoms with Crippen molar-refractivity contribution in [2.75, 3.05) is 36.9 Å². The van der Waals surface area contributed by atoms with Crippen molar-refractivity contribution >= 4 is 17.4 Å². The van der Waals surface area contributed by atoms with Gasteiger partial charge in [-0.1, -0.05) is 61.9 Å². The number of ether oxygens (including phenoxy) is 1. The quantitative estimate of drug-likeness (QED) is 0.356. The fourth-order valence-electron chi connectivity index (χ4n) is 4.48. The maximum absolute atomic E-state index is 12.0. The van der Waals surface area contributed by atoms with Gasteiger partial charge < -0.3 is 15.4 Å². The van der Waals surface area contributed by atoms with Crippen molar-refractivity contribution in [3.8, 4) is 17.1 Å². The lowest BCUT2D eigenvalue weighted by Crippen LogP contribution is -2.29. The smallest absolute Gasteiger partial charge is 0.320 e. The van der Waals surface area contributed by atoms with Gasteiger partial charge in [0.15, 0.2) is 0 Å². The van der Waals surface area contributed by atoms with Crippen LogP contribution in [0.25, 0.3) is 11.1 Å². The van der Waals surface area contributed by atoms with Crippen LogP contribution >= 0.6 is 0 Å². The minimum Gasteiger partial charge on any atom is -0.463 e. The Bertz CT molecular complexity index is 1130. The number of benzene rings is 2. The first kappa shape index (κ1) is 25.6. The molecular formula is C29H37N5O2. The van der Waals surface area contributed by atoms with Gasteiger partial charge in [-0.15, -0.1) is 0 Å². The molecule has 0 saturated carbocycles. The maximum Gasteiger partial charge on any atom is 0.320 e. The number of nitrogen functional groups attached to an aromatic ring is 1. The van der Waals surface area contributed by atoms with Crippen molar-refractivity contribution in [3.05, 3.63) is 65.7 Å². The van der Waals surface area contributed by atoms with E-state index in [0.29, 0.717) is 24.8 Å². The van der Waals surface area contributed by atoms with Gasteiger partial charge in [-0.05, 0) is 61.5 Å². The topological polar surface area (TPSA) is 84.6 Å². The Hall–Kier alpha value is -3.45. The second-order valence-electron chi connectivity index (χ2n) is 9.57. The van der Waals surface area contributed by atoms with E-state index < -0.39 is 0 Å². The van der Waals surface area contributed by atoms with Crippen LogP contribution < -0.4 is 15.4 Å². The van der Waals surface area contributed by atoms with E-state index in [1.165, 1.54) is 42.6 Å². The molecule has 0 aliphatic carbocycles. The number of anilines is 2. The summed E-state index contributed by atoms with van der Waals surface area (Å²) in [5.41, 5.74) is 10.8. The van der Waals surface area contributed by atoms with Crippen LogP contribution in [0.1, 0.15) is 50.7 Å². The number of rotatable bonds is 12. The summed E-state index contributed by atoms with van der Waals surface area (Å²) in [7, 11) is 0. The third-order valence-corrected chi connectivity index (χ3v) is 6.40. The van der Waals surface area contributed by atoms with Gasteiger partial charge in [0.1, 0.15) is 17.4 Å². The van der Waals surface area contributed by atoms with Gasteiger partial charge in [0.05, 0.1) is 13.2 Å². The first-order chi connectivity index (χ1) is 17.5. The average molecular weight is 488 g/mol. The largest absolute Gasteiger partial charge is 0.463 e. The van der Waals surface area contributed by atoms with Crippen LogP contribution in [0.15, 0.2) is 54.6 Å². The zero-order chi connectivity index (χ0) is 25.3. The van der Waals surface area contributed by atoms with E-state index in [1.807, 2.05) is 4.90 Å². The van der Waals surface area contributed by atoms with Crippen molar-refractivity contribution in [1.82, 2.24) is 14.9 Å². The molecule has 2 heterocycles. The lowest BCUT2D eigenvalue weighted by atomic mass is 10.0. The first-order valence-electron chi connectivity index (χ1n) is 12.9. The molecule has 4 rings (SSSR count). The number of hydrogen-bond donors (Lipinski definition) is 1. The predicted molar refractivity (Wildman–Crippen MR) is 145 cm³/mol. The molecule has 1 aliphatic heterocycles. The lowest BCUT2D eigenvalue weighted by molar-refractivity contribution is -0.115. The molecule has 1 aliphatic rings. The first-order valence-corrected chi connectivity index (χ1v) is 12.9. The van der Waals surface area contributed by atoms with E-state index in [4.69, 9.17) is 10.5 Å². The molecular weight excluding hydrogens is 450 g/mol. The standard InChI is InChI=1S/C29H37N5O2/c1-3-4-17-36-29-31-27(30)18-28(32-29)34(19-22(2)35)21-24-9-13-26(14-10-24)25-11-7-23(8-12-25)20-33-15-5-6-16-33/h7-14,18H,3-6,15-17,19-21H2,1-2H3,(H2,30,31,32). The van der Waals surface area contributed by atoms with Gasteiger partial charge in [0.2, 0.25) is 0 Å². The van der Waals surface area contributed by atoms with Crippen LogP contribution in [0.5, 0.6) is 6.01 Å². The number of ketones is 1. The highest BCUT2D eigenvalue weighted by Gasteiger charge is 2.15. The van der Waals surface area contributed by atoms with Gasteiger partial charge in [-0.3, -0.25) is 9.69 Å². The number of carbonyl (C=O) groups is 1. The molecule has 0 amide bonds. The molecule has 36 heavy (non-hydrogen) atoms. The van der Waals surface area contributed by atoms with Crippen molar-refractivity contribution in [2.45, 2.75) is 52.6 Å². The number of aromatic nitrogens is 2. The van der Waals surface area contributed by atoms with Crippen molar-refractivity contribution in [1.29, 1.82) is 0 Å². The zero-order valence-electron chi connectivity index (χ0n) is 21.4. The van der Waals surface area contributed by atoms with Gasteiger partial charge >= 0.3 is 6.01 Å². The van der Waals surface area contributed by atoms with E-state index in [1.54, 1.807) is 13.0 Å². The number of unbranched alkanes of at least 4 members (excludes halogenated alkanes) is 1. The summed E-state index contributed by atoms with van der Waals surface area (Å²) in [4.78, 5) is 25.2. The molecule has 1 saturated heterocycles. The minimum atomic E-state index is 0.0475. The highest BCUT2D eigenvalue weighted by Crippen LogP contribution is 2.24. The molecule has 0 bridgehead atoms. The monoisotopic (exact) mass is 487 g/mol. The summed E-state index contributed by atoms with van der Waals surface area (Å²) in [6, 6.07) is 19.3. The van der Waals surface area contributed by atoms with E-state index in [0.717, 1.165) is 24.9 Å². The SMILES string of the molecule is CCCCOc1nc(N)cc(N(CC(C)=O)Cc2ccc(-c3ccc(CN4CCCC4)cc3)cc2)n1. The summed E-state index contributed by atoms with van der Waals surface area (Å²) < 4.78 is 5.67. The molecule has 1 aromatic heterocycles. The fourth-order valence-corrected chi connectivity index (χ4v) is 4.48. The van der Waals surface area contributed by atoms with Crippen molar-refractivity contribution in [2.24, 2.45) is 0 Å². The van der Waals surface area contributed by atoms with Crippen LogP contribution in [0.4, 0.5) is 11.6 Å². The molecule has 2 N–H and O–H groups in total. The second kappa shape index (κ2) is 12.5. The number of hydrogen-bond acceptors (Lipinski definition) is 7. The van der Waals surface area contributed by atoms with Crippen LogP contribution in [-0.2, 0) is 17.9 Å². The Morgan fingerprint density at radius 1 is 1.00 bits per heavy atom. The van der Waals surface area contributed by atoms with Crippen molar-refractivity contribution in [3.63, 3.8) is 0 Å². The molecule has 2 aromatic carbocycles. The summed E-state index contributed by atoms with van der Waals surface area (Å²) in [5, 5.41) is 0. The number of carbonyl (C=O) groups excluding carboxylic acids is 1. The lowest BCUT2D eigenvalue weighted by Gasteiger charge is -2.23. The van der Waals surface area contributed by atoms with Crippen LogP contribution in [0.2, 0.25) is 0 Å². The third kappa shape index (κ3) is 7.28. The van der Waals surface area contributed by atoms with Gasteiger partial charge in [-0.2, -0.15) is 9.97 Å². The van der Waals surface area contributed by atoms with E-state index in [9.17, 15) is 4.79 Å². The number of nitrogens with two attached hydrogens (primary N) is 1. The Morgan fingerprint density at radius 3 is 2.25 bits per heavy atom. The van der Waals surface area contributed by atoms with Crippen molar-refractivity contribution < 1.29 is 9.53 Å². The van der Waals surface area contributed by atoms with Gasteiger partial charge in [0.25, 0.3) is 0 Å². The normalized spacial score (nSPS) is 13.6. The molecule has 3 aromatic rings. The number of likely N-dealkylation sites (tertiary alicyclic amines) is 1. The van der Waals surface area contributed by atoms with Crippen LogP contribution in [0, 0.1) is 0 Å². The fraction of sp³-hybridized carbons (Fsp3) is 0.414.